The fourth-order valence-corrected chi connectivity index (χ4v) is 1.98. The average molecular weight is 277 g/mol. The predicted octanol–water partition coefficient (Wildman–Crippen LogP) is 1.97. The third kappa shape index (κ3) is 4.38. The van der Waals surface area contributed by atoms with Crippen molar-refractivity contribution >= 4 is 17.7 Å². The van der Waals surface area contributed by atoms with Gasteiger partial charge in [0, 0.05) is 5.56 Å². The van der Waals surface area contributed by atoms with Gasteiger partial charge in [0.1, 0.15) is 0 Å². The minimum absolute atomic E-state index is 0.0343. The van der Waals surface area contributed by atoms with Crippen LogP contribution in [0.4, 0.5) is 4.79 Å². The molecule has 1 rings (SSSR count). The van der Waals surface area contributed by atoms with E-state index in [0.29, 0.717) is 5.71 Å². The highest BCUT2D eigenvalue weighted by molar-refractivity contribution is 6.00. The molecule has 2 amide bonds. The van der Waals surface area contributed by atoms with Crippen molar-refractivity contribution < 1.29 is 14.7 Å². The number of rotatable bonds is 5. The fourth-order valence-electron chi connectivity index (χ4n) is 1.98. The summed E-state index contributed by atoms with van der Waals surface area (Å²) >= 11 is 0. The Morgan fingerprint density at radius 3 is 2.65 bits per heavy atom. The Morgan fingerprint density at radius 1 is 1.45 bits per heavy atom. The summed E-state index contributed by atoms with van der Waals surface area (Å²) in [7, 11) is 0. The van der Waals surface area contributed by atoms with Crippen LogP contribution in [0.25, 0.3) is 0 Å². The van der Waals surface area contributed by atoms with E-state index in [1.165, 1.54) is 0 Å². The van der Waals surface area contributed by atoms with E-state index in [1.54, 1.807) is 6.92 Å². The maximum absolute atomic E-state index is 10.8. The number of hydrogen-bond donors (Lipinski definition) is 3. The number of aryl methyl sites for hydroxylation is 1. The second kappa shape index (κ2) is 6.70. The van der Waals surface area contributed by atoms with Crippen molar-refractivity contribution in [1.82, 2.24) is 5.43 Å². The molecule has 6 heteroatoms. The lowest BCUT2D eigenvalue weighted by Gasteiger charge is -2.15. The number of urea groups is 1. The first-order chi connectivity index (χ1) is 9.31. The van der Waals surface area contributed by atoms with Gasteiger partial charge in [-0.1, -0.05) is 24.6 Å². The van der Waals surface area contributed by atoms with Crippen molar-refractivity contribution in [3.63, 3.8) is 0 Å². The first kappa shape index (κ1) is 15.7. The molecule has 0 aliphatic carbocycles. The molecule has 0 heterocycles. The van der Waals surface area contributed by atoms with E-state index in [-0.39, 0.29) is 12.3 Å². The molecule has 4 N–H and O–H groups in total. The second-order valence-corrected chi connectivity index (χ2v) is 4.76. The number of carbonyl (C=O) groups is 2. The summed E-state index contributed by atoms with van der Waals surface area (Å²) in [5.41, 5.74) is 10.5. The van der Waals surface area contributed by atoms with Gasteiger partial charge < -0.3 is 10.8 Å². The van der Waals surface area contributed by atoms with Crippen molar-refractivity contribution in [2.24, 2.45) is 10.8 Å². The molecule has 0 aliphatic heterocycles. The molecule has 0 spiro atoms. The summed E-state index contributed by atoms with van der Waals surface area (Å²) < 4.78 is 0. The number of amides is 2. The number of carbonyl (C=O) groups excluding carboxylic acids is 1. The van der Waals surface area contributed by atoms with Gasteiger partial charge >= 0.3 is 12.0 Å². The summed E-state index contributed by atoms with van der Waals surface area (Å²) in [6.45, 7) is 5.52. The molecule has 0 aromatic heterocycles. The van der Waals surface area contributed by atoms with Gasteiger partial charge in [0.25, 0.3) is 0 Å². The highest BCUT2D eigenvalue weighted by Gasteiger charge is 2.15. The van der Waals surface area contributed by atoms with Crippen LogP contribution in [-0.4, -0.2) is 22.8 Å². The summed E-state index contributed by atoms with van der Waals surface area (Å²) in [6.07, 6.45) is 0.0343. The van der Waals surface area contributed by atoms with Crippen molar-refractivity contribution in [3.05, 3.63) is 34.9 Å². The van der Waals surface area contributed by atoms with E-state index < -0.39 is 12.0 Å². The van der Waals surface area contributed by atoms with Crippen LogP contribution in [0.2, 0.25) is 0 Å². The normalized spacial score (nSPS) is 12.8. The molecule has 1 unspecified atom stereocenters. The molecular weight excluding hydrogens is 258 g/mol. The molecule has 108 valence electrons. The molecule has 1 aromatic carbocycles. The summed E-state index contributed by atoms with van der Waals surface area (Å²) in [5, 5.41) is 12.8. The number of carboxylic acid groups (broad SMARTS) is 1. The highest BCUT2D eigenvalue weighted by Crippen LogP contribution is 2.24. The number of nitrogens with one attached hydrogen (secondary N) is 1. The fraction of sp³-hybridized carbons (Fsp3) is 0.357. The molecule has 0 bridgehead atoms. The predicted molar refractivity (Wildman–Crippen MR) is 76.8 cm³/mol. The lowest BCUT2D eigenvalue weighted by molar-refractivity contribution is -0.137. The highest BCUT2D eigenvalue weighted by atomic mass is 16.4. The van der Waals surface area contributed by atoms with E-state index in [9.17, 15) is 9.59 Å². The third-order valence-electron chi connectivity index (χ3n) is 2.94. The molecule has 6 nitrogen and oxygen atoms in total. The number of nitrogens with two attached hydrogens (primary N) is 1. The second-order valence-electron chi connectivity index (χ2n) is 4.76. The monoisotopic (exact) mass is 277 g/mol. The number of aliphatic carboxylic acids is 1. The van der Waals surface area contributed by atoms with Crippen LogP contribution < -0.4 is 11.2 Å². The van der Waals surface area contributed by atoms with Crippen LogP contribution in [0.5, 0.6) is 0 Å². The largest absolute Gasteiger partial charge is 0.481 e. The third-order valence-corrected chi connectivity index (χ3v) is 2.94. The van der Waals surface area contributed by atoms with Crippen LogP contribution in [-0.2, 0) is 4.79 Å². The summed E-state index contributed by atoms with van der Waals surface area (Å²) in [6, 6.07) is 4.99. The van der Waals surface area contributed by atoms with Crippen LogP contribution in [0.15, 0.2) is 23.3 Å². The Bertz CT molecular complexity index is 553. The zero-order chi connectivity index (χ0) is 15.3. The number of benzene rings is 1. The van der Waals surface area contributed by atoms with Crippen LogP contribution in [0.1, 0.15) is 42.9 Å². The van der Waals surface area contributed by atoms with Crippen LogP contribution in [0, 0.1) is 6.92 Å². The maximum atomic E-state index is 10.8. The van der Waals surface area contributed by atoms with Crippen molar-refractivity contribution in [2.75, 3.05) is 0 Å². The van der Waals surface area contributed by atoms with Gasteiger partial charge in [-0.3, -0.25) is 4.79 Å². The average Bonchev–Trinajstić information content (AvgIpc) is 2.34. The first-order valence-electron chi connectivity index (χ1n) is 6.23. The summed E-state index contributed by atoms with van der Waals surface area (Å²) in [5.74, 6) is -1.00. The van der Waals surface area contributed by atoms with E-state index >= 15 is 0 Å². The molecule has 0 saturated carbocycles. The molecule has 1 aromatic rings. The van der Waals surface area contributed by atoms with E-state index in [0.717, 1.165) is 16.7 Å². The van der Waals surface area contributed by atoms with Gasteiger partial charge in [-0.15, -0.1) is 0 Å². The number of hydrazone groups is 1. The van der Waals surface area contributed by atoms with Gasteiger partial charge in [0.2, 0.25) is 0 Å². The van der Waals surface area contributed by atoms with Gasteiger partial charge in [-0.2, -0.15) is 5.10 Å². The van der Waals surface area contributed by atoms with Crippen molar-refractivity contribution in [3.8, 4) is 0 Å². The van der Waals surface area contributed by atoms with Crippen LogP contribution in [0.3, 0.4) is 0 Å². The lowest BCUT2D eigenvalue weighted by Crippen LogP contribution is -2.25. The molecule has 1 atom stereocenters. The molecule has 0 radical (unpaired) electrons. The number of nitrogens with zero attached hydrogens (tertiary/aromatic N) is 1. The molecule has 0 fully saturated rings. The standard InChI is InChI=1S/C14H19N3O3/c1-8-4-5-11(9(2)7-13(18)19)12(6-8)10(3)16-17-14(15)20/h4-6,9H,7H2,1-3H3,(H,18,19)(H3,15,17,20). The van der Waals surface area contributed by atoms with Gasteiger partial charge in [-0.25, -0.2) is 10.2 Å². The van der Waals surface area contributed by atoms with Gasteiger partial charge in [-0.05, 0) is 31.4 Å². The van der Waals surface area contributed by atoms with Gasteiger partial charge in [0.05, 0.1) is 12.1 Å². The zero-order valence-electron chi connectivity index (χ0n) is 11.8. The minimum atomic E-state index is -0.853. The Kier molecular flexibility index (Phi) is 5.25. The van der Waals surface area contributed by atoms with Crippen LogP contribution >= 0.6 is 0 Å². The van der Waals surface area contributed by atoms with E-state index in [1.807, 2.05) is 32.0 Å². The topological polar surface area (TPSA) is 105 Å². The first-order valence-corrected chi connectivity index (χ1v) is 6.23. The Balaban J connectivity index is 3.16. The molecular formula is C14H19N3O3. The number of primary amides is 1. The smallest absolute Gasteiger partial charge is 0.332 e. The summed E-state index contributed by atoms with van der Waals surface area (Å²) in [4.78, 5) is 21.5. The Morgan fingerprint density at radius 2 is 2.10 bits per heavy atom. The minimum Gasteiger partial charge on any atom is -0.481 e. The Labute approximate surface area is 117 Å². The molecule has 0 aliphatic rings. The zero-order valence-corrected chi connectivity index (χ0v) is 11.8. The number of hydrogen-bond acceptors (Lipinski definition) is 3. The molecule has 20 heavy (non-hydrogen) atoms. The lowest BCUT2D eigenvalue weighted by atomic mass is 9.90. The maximum Gasteiger partial charge on any atom is 0.332 e. The molecule has 0 saturated heterocycles. The Hall–Kier alpha value is -2.37. The quantitative estimate of drug-likeness (QED) is 0.566. The van der Waals surface area contributed by atoms with Crippen molar-refractivity contribution in [2.45, 2.75) is 33.1 Å². The number of carboxylic acids is 1. The van der Waals surface area contributed by atoms with E-state index in [4.69, 9.17) is 10.8 Å². The SMILES string of the molecule is CC(=NNC(N)=O)c1cc(C)ccc1C(C)CC(=O)O. The van der Waals surface area contributed by atoms with Gasteiger partial charge in [0.15, 0.2) is 0 Å². The van der Waals surface area contributed by atoms with E-state index in [2.05, 4.69) is 10.5 Å². The van der Waals surface area contributed by atoms with Crippen molar-refractivity contribution in [1.29, 1.82) is 0 Å².